The molecule has 0 atom stereocenters. The summed E-state index contributed by atoms with van der Waals surface area (Å²) in [4.78, 5) is 0. The van der Waals surface area contributed by atoms with Crippen molar-refractivity contribution >= 4 is 28.8 Å². The molecule has 0 fully saturated rings. The Morgan fingerprint density at radius 2 is 0.738 bits per heavy atom. The van der Waals surface area contributed by atoms with Crippen LogP contribution >= 0.6 is 0 Å². The van der Waals surface area contributed by atoms with Gasteiger partial charge in [-0.2, -0.15) is 22.3 Å². The van der Waals surface area contributed by atoms with Gasteiger partial charge in [-0.25, -0.2) is 0 Å². The van der Waals surface area contributed by atoms with Crippen LogP contribution in [0.15, 0.2) is 54.6 Å². The van der Waals surface area contributed by atoms with Gasteiger partial charge in [0.25, 0.3) is 0 Å². The van der Waals surface area contributed by atoms with E-state index >= 15 is 0 Å². The third kappa shape index (κ3) is 7.36. The topological polar surface area (TPSA) is 0 Å². The van der Waals surface area contributed by atoms with Crippen molar-refractivity contribution in [2.75, 3.05) is 0 Å². The number of halogens is 3. The van der Waals surface area contributed by atoms with Crippen LogP contribution in [0.5, 0.6) is 0 Å². The summed E-state index contributed by atoms with van der Waals surface area (Å²) >= 11 is 0. The van der Waals surface area contributed by atoms with Gasteiger partial charge in [0, 0.05) is 0 Å². The number of rotatable bonds is 8. The van der Waals surface area contributed by atoms with Crippen LogP contribution < -0.4 is 58.0 Å². The van der Waals surface area contributed by atoms with Gasteiger partial charge in [0.15, 0.2) is 0 Å². The Labute approximate surface area is 291 Å². The zero-order valence-corrected chi connectivity index (χ0v) is 32.0. The molecule has 0 unspecified atom stereocenters. The van der Waals surface area contributed by atoms with Crippen LogP contribution in [-0.4, -0.2) is 8.07 Å². The van der Waals surface area contributed by atoms with Gasteiger partial charge in [0.2, 0.25) is 0 Å². The monoisotopic (exact) mass is 672 g/mol. The fourth-order valence-electron chi connectivity index (χ4n) is 6.68. The average Bonchev–Trinajstić information content (AvgIpc) is 3.11. The van der Waals surface area contributed by atoms with Gasteiger partial charge in [-0.15, -0.1) is 5.19 Å². The molecule has 0 aliphatic heterocycles. The normalized spacial score (nSPS) is 10.7. The quantitative estimate of drug-likeness (QED) is 0.114. The Hall–Kier alpha value is -1.19. The minimum absolute atomic E-state index is 0. The SMILES string of the molecule is CCc1cc(CC)cc([Si](c2cc(C)cc(C)c2)(c2cc(CC)cc(CC)c2)[c-]2c(C)c(C)c(C)c2C)c1.[Cl-].[Cl-].[Cl-].[Ti+4]. The largest absolute Gasteiger partial charge is 4.00 e. The first-order valence-corrected chi connectivity index (χ1v) is 16.7. The van der Waals surface area contributed by atoms with E-state index in [4.69, 9.17) is 0 Å². The molecule has 0 aromatic heterocycles. The number of hydrogen-bond donors (Lipinski definition) is 0. The molecular weight excluding hydrogens is 627 g/mol. The molecule has 0 bridgehead atoms. The van der Waals surface area contributed by atoms with Crippen molar-refractivity contribution in [2.45, 2.75) is 94.9 Å². The molecule has 0 saturated carbocycles. The predicted octanol–water partition coefficient (Wildman–Crippen LogP) is -2.11. The standard InChI is InChI=1S/C37H47Si.3ClH.Ti/c1-11-30-18-31(12-2)21-35(20-30)38(34-16-24(5)15-25(6)17-34,37-28(9)26(7)27(8)29(37)10)36-22-32(13-3)19-33(14-4)23-36;;;;/h15-23H,11-14H2,1-10H3;3*1H;/q-1;;;;+4/p-3. The summed E-state index contributed by atoms with van der Waals surface area (Å²) in [6.45, 7) is 23.2. The second-order valence-corrected chi connectivity index (χ2v) is 15.2. The molecule has 0 heterocycles. The van der Waals surface area contributed by atoms with Crippen LogP contribution in [-0.2, 0) is 47.4 Å². The minimum Gasteiger partial charge on any atom is -1.00 e. The molecule has 224 valence electrons. The average molecular weight is 674 g/mol. The minimum atomic E-state index is -2.65. The molecule has 4 aromatic carbocycles. The van der Waals surface area contributed by atoms with Crippen LogP contribution in [0.4, 0.5) is 0 Å². The second-order valence-electron chi connectivity index (χ2n) is 11.5. The van der Waals surface area contributed by atoms with Crippen molar-refractivity contribution in [1.82, 2.24) is 0 Å². The summed E-state index contributed by atoms with van der Waals surface area (Å²) in [7, 11) is -2.65. The van der Waals surface area contributed by atoms with Crippen molar-refractivity contribution in [1.29, 1.82) is 0 Å². The maximum absolute atomic E-state index is 2.65. The van der Waals surface area contributed by atoms with E-state index in [0.717, 1.165) is 25.7 Å². The first kappa shape index (κ1) is 40.8. The summed E-state index contributed by atoms with van der Waals surface area (Å²) in [5, 5.41) is 6.23. The van der Waals surface area contributed by atoms with Crippen molar-refractivity contribution in [3.05, 3.63) is 110 Å². The molecule has 0 aliphatic rings. The van der Waals surface area contributed by atoms with Crippen LogP contribution in [0, 0.1) is 41.5 Å². The molecule has 5 heteroatoms. The zero-order chi connectivity index (χ0) is 27.8. The Morgan fingerprint density at radius 3 is 1.02 bits per heavy atom. The maximum Gasteiger partial charge on any atom is 4.00 e. The van der Waals surface area contributed by atoms with Gasteiger partial charge >= 0.3 is 21.7 Å². The Morgan fingerprint density at radius 1 is 0.452 bits per heavy atom. The fourth-order valence-corrected chi connectivity index (χ4v) is 12.5. The molecule has 0 aliphatic carbocycles. The molecule has 4 rings (SSSR count). The zero-order valence-electron chi connectivity index (χ0n) is 27.2. The van der Waals surface area contributed by atoms with E-state index < -0.39 is 8.07 Å². The van der Waals surface area contributed by atoms with E-state index in [1.807, 2.05) is 0 Å². The van der Waals surface area contributed by atoms with Crippen LogP contribution in [0.3, 0.4) is 0 Å². The second kappa shape index (κ2) is 16.8. The smallest absolute Gasteiger partial charge is 1.00 e. The predicted molar refractivity (Wildman–Crippen MR) is 172 cm³/mol. The van der Waals surface area contributed by atoms with Gasteiger partial charge in [-0.05, 0) is 61.8 Å². The molecule has 0 radical (unpaired) electrons. The summed E-state index contributed by atoms with van der Waals surface area (Å²) in [6, 6.07) is 22.5. The Bertz CT molecular complexity index is 1340. The summed E-state index contributed by atoms with van der Waals surface area (Å²) in [6.07, 6.45) is 4.24. The molecule has 0 N–H and O–H groups in total. The summed E-state index contributed by atoms with van der Waals surface area (Å²) < 4.78 is 0. The molecule has 0 nitrogen and oxygen atoms in total. The first-order valence-electron chi connectivity index (χ1n) is 14.7. The van der Waals surface area contributed by atoms with E-state index in [0.29, 0.717) is 0 Å². The van der Waals surface area contributed by atoms with E-state index in [2.05, 4.69) is 124 Å². The van der Waals surface area contributed by atoms with Crippen molar-refractivity contribution < 1.29 is 58.9 Å². The molecule has 42 heavy (non-hydrogen) atoms. The van der Waals surface area contributed by atoms with E-state index in [1.165, 1.54) is 60.8 Å². The number of benzene rings is 3. The summed E-state index contributed by atoms with van der Waals surface area (Å²) in [5.41, 5.74) is 14.4. The molecule has 0 spiro atoms. The molecular formula is C37H47Cl3SiTi. The van der Waals surface area contributed by atoms with Crippen LogP contribution in [0.25, 0.3) is 0 Å². The summed E-state index contributed by atoms with van der Waals surface area (Å²) in [5.74, 6) is 0. The van der Waals surface area contributed by atoms with Gasteiger partial charge in [-0.3, -0.25) is 0 Å². The number of hydrogen-bond acceptors (Lipinski definition) is 0. The van der Waals surface area contributed by atoms with Crippen molar-refractivity contribution in [2.24, 2.45) is 0 Å². The molecule has 0 amide bonds. The Kier molecular flexibility index (Phi) is 16.3. The first-order chi connectivity index (χ1) is 18.1. The van der Waals surface area contributed by atoms with Gasteiger partial charge in [-0.1, -0.05) is 137 Å². The van der Waals surface area contributed by atoms with Crippen molar-refractivity contribution in [3.63, 3.8) is 0 Å². The van der Waals surface area contributed by atoms with Crippen LogP contribution in [0.2, 0.25) is 0 Å². The van der Waals surface area contributed by atoms with Crippen LogP contribution in [0.1, 0.15) is 83.3 Å². The third-order valence-corrected chi connectivity index (χ3v) is 14.0. The van der Waals surface area contributed by atoms with E-state index in [9.17, 15) is 0 Å². The molecule has 0 saturated heterocycles. The maximum atomic E-state index is 2.57. The fraction of sp³-hybridized carbons (Fsp3) is 0.378. The third-order valence-electron chi connectivity index (χ3n) is 9.07. The van der Waals surface area contributed by atoms with Gasteiger partial charge in [0.1, 0.15) is 8.07 Å². The van der Waals surface area contributed by atoms with E-state index in [-0.39, 0.29) is 58.9 Å². The molecule has 4 aromatic rings. The van der Waals surface area contributed by atoms with Gasteiger partial charge in [0.05, 0.1) is 0 Å². The Balaban J connectivity index is 0.00000420. The van der Waals surface area contributed by atoms with Crippen molar-refractivity contribution in [3.8, 4) is 0 Å². The number of aryl methyl sites for hydroxylation is 6. The van der Waals surface area contributed by atoms with E-state index in [1.54, 1.807) is 15.6 Å². The van der Waals surface area contributed by atoms with Gasteiger partial charge < -0.3 is 37.2 Å².